The molecule has 170 valence electrons. The molecule has 0 unspecified atom stereocenters. The van der Waals surface area contributed by atoms with Gasteiger partial charge in [-0.05, 0) is 6.07 Å². The number of aromatic nitrogens is 4. The van der Waals surface area contributed by atoms with Gasteiger partial charge in [-0.1, -0.05) is 6.58 Å². The topological polar surface area (TPSA) is 68.2 Å². The van der Waals surface area contributed by atoms with Crippen molar-refractivity contribution in [2.45, 2.75) is 25.1 Å². The largest absolute Gasteiger partial charge is 0.418 e. The molecular formula is C22H24F3N5O2. The highest BCUT2D eigenvalue weighted by Crippen LogP contribution is 2.36. The van der Waals surface area contributed by atoms with Crippen LogP contribution in [-0.2, 0) is 22.2 Å². The molecule has 0 bridgehead atoms. The van der Waals surface area contributed by atoms with E-state index in [4.69, 9.17) is 14.5 Å². The maximum atomic E-state index is 13.3. The number of nitrogens with zero attached hydrogens (tertiary/aromatic N) is 4. The van der Waals surface area contributed by atoms with Gasteiger partial charge in [0.1, 0.15) is 11.5 Å². The molecule has 1 N–H and O–H groups in total. The second-order valence-electron chi connectivity index (χ2n) is 8.15. The minimum absolute atomic E-state index is 0.0405. The summed E-state index contributed by atoms with van der Waals surface area (Å²) in [5.74, 6) is 1.06. The summed E-state index contributed by atoms with van der Waals surface area (Å²) in [5.41, 5.74) is 1.68. The average molecular weight is 447 g/mol. The van der Waals surface area contributed by atoms with Gasteiger partial charge in [0.15, 0.2) is 0 Å². The smallest absolute Gasteiger partial charge is 0.380 e. The third kappa shape index (κ3) is 4.00. The third-order valence-electron chi connectivity index (χ3n) is 6.04. The fourth-order valence-electron chi connectivity index (χ4n) is 4.12. The summed E-state index contributed by atoms with van der Waals surface area (Å²) in [6, 6.07) is 1.50. The molecule has 0 amide bonds. The Labute approximate surface area is 182 Å². The number of nitrogens with one attached hydrogen (secondary N) is 1. The van der Waals surface area contributed by atoms with Crippen LogP contribution in [0.25, 0.3) is 22.3 Å². The number of ether oxygens (including phenoxy) is 2. The molecule has 32 heavy (non-hydrogen) atoms. The number of fused-ring (bicyclic) bond motifs is 1. The Morgan fingerprint density at radius 1 is 1.22 bits per heavy atom. The molecular weight excluding hydrogens is 423 g/mol. The van der Waals surface area contributed by atoms with Gasteiger partial charge in [-0.25, -0.2) is 9.97 Å². The van der Waals surface area contributed by atoms with Gasteiger partial charge in [0.05, 0.1) is 43.6 Å². The van der Waals surface area contributed by atoms with Crippen LogP contribution in [-0.4, -0.2) is 63.9 Å². The summed E-state index contributed by atoms with van der Waals surface area (Å²) in [4.78, 5) is 13.8. The SMILES string of the molecule is C=C(CCn1cc(-c2cnc3[nH]cc(C(F)(F)F)c3c2)nc1C1COC1)N1CCOCC1. The van der Waals surface area contributed by atoms with Crippen LogP contribution in [0.5, 0.6) is 0 Å². The molecule has 0 radical (unpaired) electrons. The van der Waals surface area contributed by atoms with Gasteiger partial charge in [0.25, 0.3) is 0 Å². The molecule has 0 aliphatic carbocycles. The highest BCUT2D eigenvalue weighted by molar-refractivity contribution is 5.84. The lowest BCUT2D eigenvalue weighted by molar-refractivity contribution is -0.136. The predicted molar refractivity (Wildman–Crippen MR) is 112 cm³/mol. The van der Waals surface area contributed by atoms with E-state index in [1.165, 1.54) is 6.07 Å². The van der Waals surface area contributed by atoms with E-state index in [1.807, 2.05) is 6.20 Å². The number of alkyl halides is 3. The molecule has 10 heteroatoms. The third-order valence-corrected chi connectivity index (χ3v) is 6.04. The number of allylic oxidation sites excluding steroid dienone is 1. The van der Waals surface area contributed by atoms with Crippen molar-refractivity contribution in [1.82, 2.24) is 24.4 Å². The van der Waals surface area contributed by atoms with Gasteiger partial charge >= 0.3 is 6.18 Å². The minimum Gasteiger partial charge on any atom is -0.380 e. The number of rotatable bonds is 6. The summed E-state index contributed by atoms with van der Waals surface area (Å²) >= 11 is 0. The lowest BCUT2D eigenvalue weighted by Gasteiger charge is -2.31. The number of morpholine rings is 1. The van der Waals surface area contributed by atoms with E-state index in [0.29, 0.717) is 44.2 Å². The Kier molecular flexibility index (Phi) is 5.42. The summed E-state index contributed by atoms with van der Waals surface area (Å²) in [6.45, 7) is 9.16. The molecule has 5 heterocycles. The first kappa shape index (κ1) is 21.0. The molecule has 3 aromatic heterocycles. The van der Waals surface area contributed by atoms with Crippen LogP contribution in [0, 0.1) is 0 Å². The maximum Gasteiger partial charge on any atom is 0.418 e. The first-order valence-corrected chi connectivity index (χ1v) is 10.6. The summed E-state index contributed by atoms with van der Waals surface area (Å²) in [6.07, 6.45) is 0.701. The number of aromatic amines is 1. The molecule has 0 atom stereocenters. The number of halogens is 3. The molecule has 2 aliphatic heterocycles. The summed E-state index contributed by atoms with van der Waals surface area (Å²) in [5, 5.41) is 0.0405. The van der Waals surface area contributed by atoms with E-state index in [2.05, 4.69) is 26.0 Å². The van der Waals surface area contributed by atoms with Crippen molar-refractivity contribution >= 4 is 11.0 Å². The lowest BCUT2D eigenvalue weighted by atomic mass is 10.1. The number of H-pyrrole nitrogens is 1. The Balaban J connectivity index is 1.42. The van der Waals surface area contributed by atoms with Crippen molar-refractivity contribution in [3.63, 3.8) is 0 Å². The van der Waals surface area contributed by atoms with E-state index in [9.17, 15) is 13.2 Å². The number of imidazole rings is 1. The second-order valence-corrected chi connectivity index (χ2v) is 8.15. The number of hydrogen-bond acceptors (Lipinski definition) is 5. The van der Waals surface area contributed by atoms with Crippen molar-refractivity contribution < 1.29 is 22.6 Å². The normalized spacial score (nSPS) is 17.7. The zero-order valence-corrected chi connectivity index (χ0v) is 17.5. The molecule has 2 fully saturated rings. The quantitative estimate of drug-likeness (QED) is 0.623. The fourth-order valence-corrected chi connectivity index (χ4v) is 4.12. The molecule has 0 saturated carbocycles. The lowest BCUT2D eigenvalue weighted by Crippen LogP contribution is -2.35. The monoisotopic (exact) mass is 447 g/mol. The van der Waals surface area contributed by atoms with Crippen LogP contribution in [0.1, 0.15) is 23.7 Å². The number of pyridine rings is 1. The standard InChI is InChI=1S/C22H24F3N5O2/c1-14(29-4-6-31-7-5-29)2-3-30-11-19(28-21(30)16-12-32-13-16)15-8-17-18(22(23,24)25)10-27-20(17)26-9-15/h8-11,16H,1-7,12-13H2,(H,26,27). The predicted octanol–water partition coefficient (Wildman–Crippen LogP) is 3.80. The van der Waals surface area contributed by atoms with Crippen molar-refractivity contribution in [2.24, 2.45) is 0 Å². The second kappa shape index (κ2) is 8.25. The Bertz CT molecular complexity index is 1130. The van der Waals surface area contributed by atoms with Crippen LogP contribution in [0.2, 0.25) is 0 Å². The van der Waals surface area contributed by atoms with Gasteiger partial charge < -0.3 is 23.9 Å². The molecule has 0 aromatic carbocycles. The fraction of sp³-hybridized carbons (Fsp3) is 0.455. The summed E-state index contributed by atoms with van der Waals surface area (Å²) in [7, 11) is 0. The van der Waals surface area contributed by atoms with Crippen molar-refractivity contribution in [1.29, 1.82) is 0 Å². The van der Waals surface area contributed by atoms with E-state index in [-0.39, 0.29) is 17.0 Å². The molecule has 2 saturated heterocycles. The van der Waals surface area contributed by atoms with Gasteiger partial charge in [-0.2, -0.15) is 13.2 Å². The van der Waals surface area contributed by atoms with E-state index >= 15 is 0 Å². The Morgan fingerprint density at radius 3 is 2.69 bits per heavy atom. The Hall–Kier alpha value is -2.85. The minimum atomic E-state index is -4.45. The zero-order chi connectivity index (χ0) is 22.3. The van der Waals surface area contributed by atoms with E-state index < -0.39 is 11.7 Å². The van der Waals surface area contributed by atoms with Gasteiger partial charge in [-0.3, -0.25) is 0 Å². The molecule has 2 aliphatic rings. The van der Waals surface area contributed by atoms with Crippen molar-refractivity contribution in [3.05, 3.63) is 48.3 Å². The average Bonchev–Trinajstić information content (AvgIpc) is 3.35. The molecule has 5 rings (SSSR count). The van der Waals surface area contributed by atoms with Gasteiger partial charge in [0, 0.05) is 61.3 Å². The first-order chi connectivity index (χ1) is 15.4. The highest BCUT2D eigenvalue weighted by Gasteiger charge is 2.34. The van der Waals surface area contributed by atoms with Crippen LogP contribution < -0.4 is 0 Å². The van der Waals surface area contributed by atoms with Crippen LogP contribution in [0.15, 0.2) is 36.9 Å². The van der Waals surface area contributed by atoms with Crippen molar-refractivity contribution in [3.8, 4) is 11.3 Å². The van der Waals surface area contributed by atoms with Crippen molar-refractivity contribution in [2.75, 3.05) is 39.5 Å². The summed E-state index contributed by atoms with van der Waals surface area (Å²) < 4.78 is 52.8. The highest BCUT2D eigenvalue weighted by atomic mass is 19.4. The maximum absolute atomic E-state index is 13.3. The van der Waals surface area contributed by atoms with Gasteiger partial charge in [-0.15, -0.1) is 0 Å². The Morgan fingerprint density at radius 2 is 2.00 bits per heavy atom. The molecule has 0 spiro atoms. The van der Waals surface area contributed by atoms with Crippen LogP contribution in [0.3, 0.4) is 0 Å². The van der Waals surface area contributed by atoms with Crippen LogP contribution >= 0.6 is 0 Å². The van der Waals surface area contributed by atoms with E-state index in [0.717, 1.165) is 37.2 Å². The van der Waals surface area contributed by atoms with E-state index in [1.54, 1.807) is 6.20 Å². The van der Waals surface area contributed by atoms with Gasteiger partial charge in [0.2, 0.25) is 0 Å². The molecule has 7 nitrogen and oxygen atoms in total. The molecule has 3 aromatic rings. The number of aryl methyl sites for hydroxylation is 1. The first-order valence-electron chi connectivity index (χ1n) is 10.6. The van der Waals surface area contributed by atoms with Crippen LogP contribution in [0.4, 0.5) is 13.2 Å². The number of hydrogen-bond donors (Lipinski definition) is 1. The zero-order valence-electron chi connectivity index (χ0n) is 17.5.